The van der Waals surface area contributed by atoms with Crippen molar-refractivity contribution in [1.29, 1.82) is 0 Å². The van der Waals surface area contributed by atoms with Crippen molar-refractivity contribution in [2.24, 2.45) is 0 Å². The van der Waals surface area contributed by atoms with Gasteiger partial charge in [-0.3, -0.25) is 4.79 Å². The van der Waals surface area contributed by atoms with Crippen molar-refractivity contribution in [2.45, 2.75) is 44.0 Å². The number of carbonyl (C=O) groups is 1. The van der Waals surface area contributed by atoms with Gasteiger partial charge in [0.2, 0.25) is 0 Å². The van der Waals surface area contributed by atoms with Crippen LogP contribution in [0.2, 0.25) is 0 Å². The topological polar surface area (TPSA) is 32.3 Å². The third kappa shape index (κ3) is 4.75. The van der Waals surface area contributed by atoms with Crippen molar-refractivity contribution >= 4 is 17.7 Å². The van der Waals surface area contributed by atoms with Crippen LogP contribution in [0.15, 0.2) is 24.3 Å². The highest BCUT2D eigenvalue weighted by atomic mass is 32.2. The predicted octanol–water partition coefficient (Wildman–Crippen LogP) is 3.15. The summed E-state index contributed by atoms with van der Waals surface area (Å²) in [4.78, 5) is 14.5. The number of benzene rings is 1. The molecule has 0 aliphatic heterocycles. The Morgan fingerprint density at radius 1 is 1.29 bits per heavy atom. The van der Waals surface area contributed by atoms with Gasteiger partial charge >= 0.3 is 0 Å². The number of amides is 1. The van der Waals surface area contributed by atoms with Gasteiger partial charge < -0.3 is 10.2 Å². The van der Waals surface area contributed by atoms with Crippen LogP contribution in [0.1, 0.15) is 42.1 Å². The number of nitrogens with zero attached hydrogens (tertiary/aromatic N) is 1. The third-order valence-electron chi connectivity index (χ3n) is 3.86. The number of nitrogens with one attached hydrogen (secondary N) is 1. The van der Waals surface area contributed by atoms with Crippen LogP contribution in [-0.2, 0) is 6.54 Å². The second-order valence-electron chi connectivity index (χ2n) is 5.94. The molecule has 21 heavy (non-hydrogen) atoms. The quantitative estimate of drug-likeness (QED) is 0.876. The molecule has 1 fully saturated rings. The second-order valence-corrected chi connectivity index (χ2v) is 7.46. The van der Waals surface area contributed by atoms with Gasteiger partial charge in [0.05, 0.1) is 0 Å². The van der Waals surface area contributed by atoms with E-state index in [0.29, 0.717) is 11.3 Å². The molecule has 0 bridgehead atoms. The van der Waals surface area contributed by atoms with Crippen LogP contribution in [0.25, 0.3) is 0 Å². The van der Waals surface area contributed by atoms with Gasteiger partial charge in [-0.15, -0.1) is 0 Å². The summed E-state index contributed by atoms with van der Waals surface area (Å²) in [6.45, 7) is 3.09. The van der Waals surface area contributed by atoms with E-state index in [4.69, 9.17) is 0 Å². The SMILES string of the molecule is CCS[C@H]1CCC[C@H]1NC(=O)c1ccc(CN(C)C)cc1. The standard InChI is InChI=1S/C17H26N2OS/c1-4-21-16-7-5-6-15(16)18-17(20)14-10-8-13(9-11-14)12-19(2)3/h8-11,15-16H,4-7,12H2,1-3H3,(H,18,20)/t15-,16+/m1/s1. The van der Waals surface area contributed by atoms with E-state index in [-0.39, 0.29) is 5.91 Å². The maximum Gasteiger partial charge on any atom is 0.251 e. The minimum Gasteiger partial charge on any atom is -0.348 e. The molecule has 2 rings (SSSR count). The molecule has 2 atom stereocenters. The Bertz CT molecular complexity index is 458. The van der Waals surface area contributed by atoms with Gasteiger partial charge in [0.15, 0.2) is 0 Å². The van der Waals surface area contributed by atoms with Crippen LogP contribution in [0.3, 0.4) is 0 Å². The van der Waals surface area contributed by atoms with Crippen molar-refractivity contribution in [1.82, 2.24) is 10.2 Å². The zero-order valence-electron chi connectivity index (χ0n) is 13.3. The number of rotatable bonds is 6. The summed E-state index contributed by atoms with van der Waals surface area (Å²) >= 11 is 1.97. The fourth-order valence-corrected chi connectivity index (χ4v) is 4.08. The van der Waals surface area contributed by atoms with Gasteiger partial charge in [-0.2, -0.15) is 11.8 Å². The lowest BCUT2D eigenvalue weighted by molar-refractivity contribution is 0.0938. The minimum absolute atomic E-state index is 0.0695. The molecule has 0 saturated heterocycles. The third-order valence-corrected chi connectivity index (χ3v) is 5.19. The first kappa shape index (κ1) is 16.4. The van der Waals surface area contributed by atoms with Crippen molar-refractivity contribution in [3.05, 3.63) is 35.4 Å². The molecule has 0 aromatic heterocycles. The highest BCUT2D eigenvalue weighted by molar-refractivity contribution is 7.99. The Hall–Kier alpha value is -1.00. The summed E-state index contributed by atoms with van der Waals surface area (Å²) in [5.41, 5.74) is 2.00. The molecule has 0 heterocycles. The van der Waals surface area contributed by atoms with Crippen molar-refractivity contribution in [2.75, 3.05) is 19.8 Å². The molecular weight excluding hydrogens is 280 g/mol. The van der Waals surface area contributed by atoms with Crippen molar-refractivity contribution in [3.8, 4) is 0 Å². The fraction of sp³-hybridized carbons (Fsp3) is 0.588. The van der Waals surface area contributed by atoms with E-state index in [2.05, 4.69) is 17.1 Å². The van der Waals surface area contributed by atoms with Gasteiger partial charge in [-0.25, -0.2) is 0 Å². The molecule has 1 amide bonds. The second kappa shape index (κ2) is 7.85. The summed E-state index contributed by atoms with van der Waals surface area (Å²) in [5.74, 6) is 1.19. The summed E-state index contributed by atoms with van der Waals surface area (Å²) in [5, 5.41) is 3.81. The molecule has 1 aromatic carbocycles. The van der Waals surface area contributed by atoms with Gasteiger partial charge in [-0.1, -0.05) is 25.5 Å². The van der Waals surface area contributed by atoms with Crippen LogP contribution in [0, 0.1) is 0 Å². The van der Waals surface area contributed by atoms with Crippen LogP contribution >= 0.6 is 11.8 Å². The van der Waals surface area contributed by atoms with Crippen molar-refractivity contribution in [3.63, 3.8) is 0 Å². The Morgan fingerprint density at radius 3 is 2.62 bits per heavy atom. The van der Waals surface area contributed by atoms with E-state index in [1.165, 1.54) is 18.4 Å². The van der Waals surface area contributed by atoms with Gasteiger partial charge in [0.1, 0.15) is 0 Å². The zero-order valence-corrected chi connectivity index (χ0v) is 14.1. The van der Waals surface area contributed by atoms with Gasteiger partial charge in [0, 0.05) is 23.4 Å². The van der Waals surface area contributed by atoms with Crippen LogP contribution in [0.5, 0.6) is 0 Å². The van der Waals surface area contributed by atoms with E-state index < -0.39 is 0 Å². The van der Waals surface area contributed by atoms with E-state index in [1.807, 2.05) is 50.1 Å². The molecule has 1 N–H and O–H groups in total. The summed E-state index contributed by atoms with van der Waals surface area (Å²) in [6, 6.07) is 8.30. The molecule has 116 valence electrons. The molecule has 0 unspecified atom stereocenters. The monoisotopic (exact) mass is 306 g/mol. The Morgan fingerprint density at radius 2 is 2.00 bits per heavy atom. The van der Waals surface area contributed by atoms with Crippen LogP contribution < -0.4 is 5.32 Å². The minimum atomic E-state index is 0.0695. The molecule has 1 saturated carbocycles. The molecule has 0 radical (unpaired) electrons. The first-order chi connectivity index (χ1) is 10.1. The number of hydrogen-bond acceptors (Lipinski definition) is 3. The Labute approximate surface area is 132 Å². The Kier molecular flexibility index (Phi) is 6.12. The molecule has 4 heteroatoms. The molecular formula is C17H26N2OS. The van der Waals surface area contributed by atoms with E-state index in [9.17, 15) is 4.79 Å². The lowest BCUT2D eigenvalue weighted by Gasteiger charge is -2.20. The summed E-state index contributed by atoms with van der Waals surface area (Å²) in [6.07, 6.45) is 3.57. The number of hydrogen-bond donors (Lipinski definition) is 1. The normalized spacial score (nSPS) is 21.7. The number of carbonyl (C=O) groups excluding carboxylic acids is 1. The molecule has 1 aromatic rings. The summed E-state index contributed by atoms with van der Waals surface area (Å²) in [7, 11) is 4.10. The number of thioether (sulfide) groups is 1. The highest BCUT2D eigenvalue weighted by Gasteiger charge is 2.28. The molecule has 1 aliphatic rings. The smallest absolute Gasteiger partial charge is 0.251 e. The molecule has 1 aliphatic carbocycles. The average Bonchev–Trinajstić information content (AvgIpc) is 2.86. The maximum atomic E-state index is 12.4. The fourth-order valence-electron chi connectivity index (χ4n) is 2.88. The van der Waals surface area contributed by atoms with Crippen LogP contribution in [0.4, 0.5) is 0 Å². The van der Waals surface area contributed by atoms with E-state index in [0.717, 1.165) is 24.3 Å². The Balaban J connectivity index is 1.93. The highest BCUT2D eigenvalue weighted by Crippen LogP contribution is 2.30. The lowest BCUT2D eigenvalue weighted by atomic mass is 10.1. The maximum absolute atomic E-state index is 12.4. The predicted molar refractivity (Wildman–Crippen MR) is 90.9 cm³/mol. The largest absolute Gasteiger partial charge is 0.348 e. The van der Waals surface area contributed by atoms with E-state index in [1.54, 1.807) is 0 Å². The van der Waals surface area contributed by atoms with Gasteiger partial charge in [-0.05, 0) is 50.4 Å². The average molecular weight is 306 g/mol. The zero-order chi connectivity index (χ0) is 15.2. The molecule has 0 spiro atoms. The lowest BCUT2D eigenvalue weighted by Crippen LogP contribution is -2.38. The molecule has 3 nitrogen and oxygen atoms in total. The van der Waals surface area contributed by atoms with Crippen molar-refractivity contribution < 1.29 is 4.79 Å². The van der Waals surface area contributed by atoms with Crippen LogP contribution in [-0.4, -0.2) is 41.9 Å². The van der Waals surface area contributed by atoms with E-state index >= 15 is 0 Å². The first-order valence-electron chi connectivity index (χ1n) is 7.76. The first-order valence-corrected chi connectivity index (χ1v) is 8.81. The van der Waals surface area contributed by atoms with Gasteiger partial charge in [0.25, 0.3) is 5.91 Å². The summed E-state index contributed by atoms with van der Waals surface area (Å²) < 4.78 is 0.